The van der Waals surface area contributed by atoms with E-state index in [1.807, 2.05) is 22.6 Å². The van der Waals surface area contributed by atoms with E-state index in [-0.39, 0.29) is 5.75 Å². The molecule has 0 heterocycles. The van der Waals surface area contributed by atoms with Crippen LogP contribution >= 0.6 is 22.6 Å². The maximum Gasteiger partial charge on any atom is 0.343 e. The van der Waals surface area contributed by atoms with E-state index in [0.717, 1.165) is 12.2 Å². The Bertz CT molecular complexity index is 668. The normalized spacial score (nSPS) is 10.4. The lowest BCUT2D eigenvalue weighted by atomic mass is 10.2. The Morgan fingerprint density at radius 1 is 1.04 bits per heavy atom. The van der Waals surface area contributed by atoms with Crippen LogP contribution < -0.4 is 9.47 Å². The maximum atomic E-state index is 12.1. The average molecular weight is 440 g/mol. The molecule has 0 radical (unpaired) electrons. The van der Waals surface area contributed by atoms with Crippen molar-refractivity contribution in [1.29, 1.82) is 0 Å². The molecule has 0 fully saturated rings. The number of unbranched alkanes of at least 4 members (excludes halogenated alkanes) is 3. The Balaban J connectivity index is 1.86. The fourth-order valence-electron chi connectivity index (χ4n) is 2.12. The summed E-state index contributed by atoms with van der Waals surface area (Å²) in [5.74, 6) is 0.917. The predicted molar refractivity (Wildman–Crippen MR) is 102 cm³/mol. The second-order valence-electron chi connectivity index (χ2n) is 5.44. The van der Waals surface area contributed by atoms with Gasteiger partial charge in [-0.3, -0.25) is 0 Å². The Morgan fingerprint density at radius 3 is 2.42 bits per heavy atom. The molecular weight excluding hydrogens is 419 g/mol. The zero-order valence-corrected chi connectivity index (χ0v) is 15.8. The third-order valence-electron chi connectivity index (χ3n) is 3.48. The molecule has 4 nitrogen and oxygen atoms in total. The molecule has 128 valence electrons. The number of phenols is 1. The van der Waals surface area contributed by atoms with Crippen LogP contribution in [0.25, 0.3) is 0 Å². The molecule has 0 spiro atoms. The summed E-state index contributed by atoms with van der Waals surface area (Å²) < 4.78 is 11.6. The third-order valence-corrected chi connectivity index (χ3v) is 4.35. The number of benzene rings is 2. The lowest BCUT2D eigenvalue weighted by Crippen LogP contribution is -2.08. The molecule has 0 atom stereocenters. The summed E-state index contributed by atoms with van der Waals surface area (Å²) in [7, 11) is 0. The second kappa shape index (κ2) is 9.52. The molecule has 0 bridgehead atoms. The number of hydrogen-bond acceptors (Lipinski definition) is 4. The van der Waals surface area contributed by atoms with Crippen molar-refractivity contribution in [3.8, 4) is 17.2 Å². The van der Waals surface area contributed by atoms with Crippen LogP contribution in [-0.4, -0.2) is 17.7 Å². The van der Waals surface area contributed by atoms with Crippen LogP contribution in [0.5, 0.6) is 17.2 Å². The van der Waals surface area contributed by atoms with Crippen molar-refractivity contribution < 1.29 is 19.4 Å². The summed E-state index contributed by atoms with van der Waals surface area (Å²) in [5.41, 5.74) is 0.397. The van der Waals surface area contributed by atoms with Crippen molar-refractivity contribution in [1.82, 2.24) is 0 Å². The Hall–Kier alpha value is -1.76. The molecule has 5 heteroatoms. The van der Waals surface area contributed by atoms with Crippen LogP contribution in [0.2, 0.25) is 0 Å². The first-order chi connectivity index (χ1) is 11.6. The molecule has 0 unspecified atom stereocenters. The topological polar surface area (TPSA) is 55.8 Å². The molecule has 2 aromatic carbocycles. The molecule has 0 aliphatic heterocycles. The van der Waals surface area contributed by atoms with Gasteiger partial charge in [0.05, 0.1) is 15.7 Å². The zero-order valence-electron chi connectivity index (χ0n) is 13.6. The first kappa shape index (κ1) is 18.6. The molecule has 24 heavy (non-hydrogen) atoms. The summed E-state index contributed by atoms with van der Waals surface area (Å²) in [5, 5.41) is 9.49. The molecule has 1 N–H and O–H groups in total. The van der Waals surface area contributed by atoms with Crippen LogP contribution in [0.3, 0.4) is 0 Å². The maximum absolute atomic E-state index is 12.1. The van der Waals surface area contributed by atoms with E-state index in [1.54, 1.807) is 30.3 Å². The zero-order chi connectivity index (χ0) is 17.4. The predicted octanol–water partition coefficient (Wildman–Crippen LogP) is 5.18. The molecule has 0 saturated heterocycles. The minimum Gasteiger partial charge on any atom is -0.507 e. The first-order valence-electron chi connectivity index (χ1n) is 8.03. The summed E-state index contributed by atoms with van der Waals surface area (Å²) in [6.07, 6.45) is 4.66. The number of ether oxygens (including phenoxy) is 2. The molecule has 0 amide bonds. The lowest BCUT2D eigenvalue weighted by molar-refractivity contribution is 0.0734. The van der Waals surface area contributed by atoms with E-state index in [1.165, 1.54) is 31.4 Å². The standard InChI is InChI=1S/C19H21IO4/c1-2-3-4-5-12-23-15-7-9-16(10-8-15)24-19(22)14-6-11-18(21)17(20)13-14/h6-11,13,21H,2-5,12H2,1H3. The van der Waals surface area contributed by atoms with E-state index < -0.39 is 5.97 Å². The second-order valence-corrected chi connectivity index (χ2v) is 6.60. The van der Waals surface area contributed by atoms with Gasteiger partial charge in [0.15, 0.2) is 0 Å². The van der Waals surface area contributed by atoms with Crippen LogP contribution in [0, 0.1) is 3.57 Å². The summed E-state index contributed by atoms with van der Waals surface area (Å²) >= 11 is 1.97. The van der Waals surface area contributed by atoms with E-state index in [0.29, 0.717) is 21.5 Å². The lowest BCUT2D eigenvalue weighted by Gasteiger charge is -2.08. The molecule has 0 aliphatic rings. The van der Waals surface area contributed by atoms with Crippen molar-refractivity contribution in [2.75, 3.05) is 6.61 Å². The SMILES string of the molecule is CCCCCCOc1ccc(OC(=O)c2ccc(O)c(I)c2)cc1. The van der Waals surface area contributed by atoms with Crippen LogP contribution in [0.4, 0.5) is 0 Å². The van der Waals surface area contributed by atoms with Gasteiger partial charge in [-0.15, -0.1) is 0 Å². The van der Waals surface area contributed by atoms with Crippen molar-refractivity contribution >= 4 is 28.6 Å². The fourth-order valence-corrected chi connectivity index (χ4v) is 2.64. The van der Waals surface area contributed by atoms with Gasteiger partial charge in [0.25, 0.3) is 0 Å². The third kappa shape index (κ3) is 5.70. The van der Waals surface area contributed by atoms with Gasteiger partial charge in [-0.25, -0.2) is 4.79 Å². The quantitative estimate of drug-likeness (QED) is 0.266. The number of phenolic OH excluding ortho intramolecular Hbond substituents is 1. The highest BCUT2D eigenvalue weighted by Crippen LogP contribution is 2.22. The van der Waals surface area contributed by atoms with Crippen LogP contribution in [-0.2, 0) is 0 Å². The molecule has 0 saturated carbocycles. The van der Waals surface area contributed by atoms with Crippen molar-refractivity contribution in [2.45, 2.75) is 32.6 Å². The number of rotatable bonds is 8. The minimum absolute atomic E-state index is 0.146. The van der Waals surface area contributed by atoms with E-state index in [2.05, 4.69) is 6.92 Å². The van der Waals surface area contributed by atoms with E-state index in [9.17, 15) is 9.90 Å². The van der Waals surface area contributed by atoms with Gasteiger partial charge < -0.3 is 14.6 Å². The summed E-state index contributed by atoms with van der Waals surface area (Å²) in [6, 6.07) is 11.6. The minimum atomic E-state index is -0.457. The summed E-state index contributed by atoms with van der Waals surface area (Å²) in [6.45, 7) is 2.88. The Kier molecular flexibility index (Phi) is 7.36. The number of halogens is 1. The highest BCUT2D eigenvalue weighted by Gasteiger charge is 2.10. The molecule has 2 aromatic rings. The van der Waals surface area contributed by atoms with E-state index in [4.69, 9.17) is 9.47 Å². The first-order valence-corrected chi connectivity index (χ1v) is 9.11. The highest BCUT2D eigenvalue weighted by atomic mass is 127. The van der Waals surface area contributed by atoms with Crippen molar-refractivity contribution in [3.63, 3.8) is 0 Å². The molecular formula is C19H21IO4. The largest absolute Gasteiger partial charge is 0.507 e. The van der Waals surface area contributed by atoms with Gasteiger partial charge in [0, 0.05) is 0 Å². The highest BCUT2D eigenvalue weighted by molar-refractivity contribution is 14.1. The van der Waals surface area contributed by atoms with Gasteiger partial charge in [0.2, 0.25) is 0 Å². The number of aromatic hydroxyl groups is 1. The van der Waals surface area contributed by atoms with Crippen LogP contribution in [0.15, 0.2) is 42.5 Å². The van der Waals surface area contributed by atoms with Crippen molar-refractivity contribution in [3.05, 3.63) is 51.6 Å². The Labute approximate surface area is 155 Å². The van der Waals surface area contributed by atoms with Gasteiger partial charge in [-0.2, -0.15) is 0 Å². The van der Waals surface area contributed by atoms with Gasteiger partial charge in [0.1, 0.15) is 17.2 Å². The fraction of sp³-hybridized carbons (Fsp3) is 0.316. The summed E-state index contributed by atoms with van der Waals surface area (Å²) in [4.78, 5) is 12.1. The number of carbonyl (C=O) groups excluding carboxylic acids is 1. The van der Waals surface area contributed by atoms with Gasteiger partial charge >= 0.3 is 5.97 Å². The van der Waals surface area contributed by atoms with Crippen LogP contribution in [0.1, 0.15) is 43.0 Å². The van der Waals surface area contributed by atoms with E-state index >= 15 is 0 Å². The molecule has 0 aromatic heterocycles. The Morgan fingerprint density at radius 2 is 1.75 bits per heavy atom. The molecule has 0 aliphatic carbocycles. The monoisotopic (exact) mass is 440 g/mol. The van der Waals surface area contributed by atoms with Gasteiger partial charge in [-0.1, -0.05) is 26.2 Å². The average Bonchev–Trinajstić information content (AvgIpc) is 2.58. The number of esters is 1. The number of carbonyl (C=O) groups is 1. The molecule has 2 rings (SSSR count). The van der Waals surface area contributed by atoms with Gasteiger partial charge in [-0.05, 0) is 71.5 Å². The number of hydrogen-bond donors (Lipinski definition) is 1. The smallest absolute Gasteiger partial charge is 0.343 e. The van der Waals surface area contributed by atoms with Crippen molar-refractivity contribution in [2.24, 2.45) is 0 Å².